The van der Waals surface area contributed by atoms with E-state index in [9.17, 15) is 15.0 Å². The van der Waals surface area contributed by atoms with Gasteiger partial charge >= 0.3 is 5.97 Å². The molecule has 0 radical (unpaired) electrons. The third-order valence-corrected chi connectivity index (χ3v) is 6.79. The fraction of sp³-hybridized carbons (Fsp3) is 0.480. The van der Waals surface area contributed by atoms with Gasteiger partial charge in [-0.05, 0) is 62.5 Å². The van der Waals surface area contributed by atoms with Gasteiger partial charge in [0.25, 0.3) is 0 Å². The van der Waals surface area contributed by atoms with Crippen LogP contribution in [0.4, 0.5) is 0 Å². The van der Waals surface area contributed by atoms with Gasteiger partial charge in [0, 0.05) is 29.7 Å². The largest absolute Gasteiger partial charge is 0.491 e. The number of likely N-dealkylation sites (tertiary alicyclic amines) is 1. The highest BCUT2D eigenvalue weighted by Crippen LogP contribution is 2.51. The predicted molar refractivity (Wildman–Crippen MR) is 124 cm³/mol. The molecule has 2 aliphatic rings. The summed E-state index contributed by atoms with van der Waals surface area (Å²) in [4.78, 5) is 14.1. The third-order valence-electron chi connectivity index (χ3n) is 6.54. The van der Waals surface area contributed by atoms with Gasteiger partial charge in [-0.1, -0.05) is 41.9 Å². The van der Waals surface area contributed by atoms with Crippen LogP contribution in [0, 0.1) is 0 Å². The molecule has 1 aliphatic carbocycles. The summed E-state index contributed by atoms with van der Waals surface area (Å²) < 4.78 is 5.84. The summed E-state index contributed by atoms with van der Waals surface area (Å²) in [6.07, 6.45) is 2.67. The first-order chi connectivity index (χ1) is 15.5. The van der Waals surface area contributed by atoms with Crippen LogP contribution in [0.2, 0.25) is 5.02 Å². The Kier molecular flexibility index (Phi) is 7.36. The average molecular weight is 459 g/mol. The first kappa shape index (κ1) is 23.1. The second-order valence-electron chi connectivity index (χ2n) is 8.93. The van der Waals surface area contributed by atoms with Gasteiger partial charge in [-0.25, -0.2) is 0 Å². The van der Waals surface area contributed by atoms with Crippen molar-refractivity contribution in [3.63, 3.8) is 0 Å². The summed E-state index contributed by atoms with van der Waals surface area (Å²) in [7, 11) is 0. The molecular weight excluding hydrogens is 428 g/mol. The van der Waals surface area contributed by atoms with Gasteiger partial charge in [-0.2, -0.15) is 0 Å². The van der Waals surface area contributed by atoms with Crippen molar-refractivity contribution < 1.29 is 19.7 Å². The number of carboxylic acid groups (broad SMARTS) is 1. The molecule has 1 aliphatic heterocycles. The fourth-order valence-electron chi connectivity index (χ4n) is 4.40. The Balaban J connectivity index is 1.19. The van der Waals surface area contributed by atoms with Gasteiger partial charge in [-0.3, -0.25) is 9.69 Å². The molecule has 1 saturated heterocycles. The molecule has 1 heterocycles. The number of nitrogens with one attached hydrogen (secondary N) is 1. The number of ether oxygens (including phenoxy) is 1. The molecule has 0 unspecified atom stereocenters. The van der Waals surface area contributed by atoms with Crippen LogP contribution in [0.25, 0.3) is 0 Å². The lowest BCUT2D eigenvalue weighted by Crippen LogP contribution is -2.45. The van der Waals surface area contributed by atoms with Crippen molar-refractivity contribution in [2.24, 2.45) is 0 Å². The smallest absolute Gasteiger partial charge is 0.314 e. The van der Waals surface area contributed by atoms with Crippen LogP contribution in [0.5, 0.6) is 5.75 Å². The second kappa shape index (κ2) is 10.2. The number of nitrogens with zero attached hydrogens (tertiary/aromatic N) is 1. The number of benzene rings is 2. The molecule has 2 aromatic rings. The van der Waals surface area contributed by atoms with Gasteiger partial charge < -0.3 is 20.3 Å². The molecule has 172 valence electrons. The molecule has 6 nitrogen and oxygen atoms in total. The molecule has 0 spiro atoms. The van der Waals surface area contributed by atoms with Crippen LogP contribution >= 0.6 is 11.6 Å². The lowest BCUT2D eigenvalue weighted by Gasteiger charge is -2.33. The highest BCUT2D eigenvalue weighted by atomic mass is 35.5. The van der Waals surface area contributed by atoms with Crippen LogP contribution in [0.1, 0.15) is 36.8 Å². The standard InChI is InChI=1S/C25H31ClN2O4/c26-19-7-5-18(6-8-19)16-28-13-9-20(10-14-28)27-15-21(29)17-32-23-4-2-1-3-22(23)25(11-12-25)24(30)31/h1-8,20-21,27,29H,9-17H2,(H,30,31)/t21-/m1/s1. The number of piperidine rings is 1. The number of hydrogen-bond donors (Lipinski definition) is 3. The number of aliphatic carboxylic acids is 1. The van der Waals surface area contributed by atoms with Crippen LogP contribution in [-0.4, -0.2) is 59.5 Å². The highest BCUT2D eigenvalue weighted by molar-refractivity contribution is 6.30. The Hall–Kier alpha value is -2.12. The topological polar surface area (TPSA) is 82.0 Å². The second-order valence-corrected chi connectivity index (χ2v) is 9.37. The van der Waals surface area contributed by atoms with Crippen molar-refractivity contribution in [1.29, 1.82) is 0 Å². The number of aliphatic hydroxyl groups is 1. The predicted octanol–water partition coefficient (Wildman–Crippen LogP) is 3.45. The lowest BCUT2D eigenvalue weighted by molar-refractivity contribution is -0.140. The van der Waals surface area contributed by atoms with Crippen LogP contribution in [0.15, 0.2) is 48.5 Å². The maximum Gasteiger partial charge on any atom is 0.314 e. The van der Waals surface area contributed by atoms with Crippen molar-refractivity contribution in [3.05, 3.63) is 64.7 Å². The van der Waals surface area contributed by atoms with E-state index in [1.54, 1.807) is 6.07 Å². The minimum absolute atomic E-state index is 0.134. The summed E-state index contributed by atoms with van der Waals surface area (Å²) in [5.41, 5.74) is 1.16. The molecule has 7 heteroatoms. The highest BCUT2D eigenvalue weighted by Gasteiger charge is 2.53. The van der Waals surface area contributed by atoms with Crippen molar-refractivity contribution in [2.75, 3.05) is 26.2 Å². The van der Waals surface area contributed by atoms with Crippen LogP contribution in [0.3, 0.4) is 0 Å². The summed E-state index contributed by atoms with van der Waals surface area (Å²) in [6, 6.07) is 15.7. The SMILES string of the molecule is O=C(O)C1(c2ccccc2OC[C@H](O)CNC2CCN(Cc3ccc(Cl)cc3)CC2)CC1. The Morgan fingerprint density at radius 1 is 1.16 bits per heavy atom. The Morgan fingerprint density at radius 3 is 2.50 bits per heavy atom. The number of carboxylic acids is 1. The van der Waals surface area contributed by atoms with E-state index < -0.39 is 17.5 Å². The third kappa shape index (κ3) is 5.62. The molecule has 2 fully saturated rings. The minimum Gasteiger partial charge on any atom is -0.491 e. The molecular formula is C25H31ClN2O4. The monoisotopic (exact) mass is 458 g/mol. The number of carbonyl (C=O) groups is 1. The molecule has 0 amide bonds. The molecule has 3 N–H and O–H groups in total. The zero-order chi connectivity index (χ0) is 22.6. The van der Waals surface area contributed by atoms with Gasteiger partial charge in [-0.15, -0.1) is 0 Å². The minimum atomic E-state index is -0.820. The van der Waals surface area contributed by atoms with E-state index in [4.69, 9.17) is 16.3 Å². The van der Waals surface area contributed by atoms with E-state index in [-0.39, 0.29) is 6.61 Å². The molecule has 4 rings (SSSR count). The molecule has 2 aromatic carbocycles. The Labute approximate surface area is 194 Å². The van der Waals surface area contributed by atoms with Gasteiger partial charge in [0.2, 0.25) is 0 Å². The molecule has 32 heavy (non-hydrogen) atoms. The maximum atomic E-state index is 11.7. The zero-order valence-electron chi connectivity index (χ0n) is 18.2. The summed E-state index contributed by atoms with van der Waals surface area (Å²) in [5.74, 6) is -0.250. The number of para-hydroxylation sites is 1. The lowest BCUT2D eigenvalue weighted by atomic mass is 9.95. The van der Waals surface area contributed by atoms with Gasteiger partial charge in [0.1, 0.15) is 18.5 Å². The normalized spacial score (nSPS) is 19.4. The van der Waals surface area contributed by atoms with E-state index in [1.807, 2.05) is 30.3 Å². The van der Waals surface area contributed by atoms with E-state index in [2.05, 4.69) is 22.3 Å². The van der Waals surface area contributed by atoms with E-state index in [1.165, 1.54) is 5.56 Å². The quantitative estimate of drug-likeness (QED) is 0.506. The van der Waals surface area contributed by atoms with Gasteiger partial charge in [0.05, 0.1) is 5.41 Å². The van der Waals surface area contributed by atoms with Crippen molar-refractivity contribution in [2.45, 2.75) is 49.8 Å². The van der Waals surface area contributed by atoms with Crippen molar-refractivity contribution >= 4 is 17.6 Å². The first-order valence-electron chi connectivity index (χ1n) is 11.3. The zero-order valence-corrected chi connectivity index (χ0v) is 18.9. The van der Waals surface area contributed by atoms with E-state index in [0.717, 1.165) is 37.5 Å². The first-order valence-corrected chi connectivity index (χ1v) is 11.7. The Morgan fingerprint density at radius 2 is 1.84 bits per heavy atom. The molecule has 0 aromatic heterocycles. The van der Waals surface area contributed by atoms with E-state index >= 15 is 0 Å². The number of rotatable bonds is 10. The van der Waals surface area contributed by atoms with Crippen molar-refractivity contribution in [1.82, 2.24) is 10.2 Å². The van der Waals surface area contributed by atoms with Crippen LogP contribution < -0.4 is 10.1 Å². The number of hydrogen-bond acceptors (Lipinski definition) is 5. The summed E-state index contributed by atoms with van der Waals surface area (Å²) >= 11 is 5.96. The average Bonchev–Trinajstić information content (AvgIpc) is 3.61. The van der Waals surface area contributed by atoms with Gasteiger partial charge in [0.15, 0.2) is 0 Å². The number of aliphatic hydroxyl groups excluding tert-OH is 1. The molecule has 1 saturated carbocycles. The molecule has 1 atom stereocenters. The molecule has 0 bridgehead atoms. The fourth-order valence-corrected chi connectivity index (χ4v) is 4.53. The van der Waals surface area contributed by atoms with E-state index in [0.29, 0.717) is 36.7 Å². The van der Waals surface area contributed by atoms with Crippen molar-refractivity contribution in [3.8, 4) is 5.75 Å². The summed E-state index contributed by atoms with van der Waals surface area (Å²) in [6.45, 7) is 3.54. The maximum absolute atomic E-state index is 11.7. The summed E-state index contributed by atoms with van der Waals surface area (Å²) in [5, 5.41) is 24.2. The van der Waals surface area contributed by atoms with Crippen LogP contribution in [-0.2, 0) is 16.8 Å². The number of halogens is 1. The Bertz CT molecular complexity index is 908.